The molecule has 0 aliphatic rings. The summed E-state index contributed by atoms with van der Waals surface area (Å²) >= 11 is 0. The Morgan fingerprint density at radius 2 is 0.764 bits per heavy atom. The SMILES string of the molecule is CCCCCCCC/C=C\CCCCCCCCCCCC(=O)NC(COP(=O)([O-])OCC[N+](C)(C)C)C(O)/C=C/CCCCCCCCCCCCCCCCCCCCCCCCCCCCCCC. The summed E-state index contributed by atoms with van der Waals surface area (Å²) in [6, 6.07) is -0.887. The molecule has 0 aliphatic carbocycles. The number of carbonyl (C=O) groups is 1. The highest BCUT2D eigenvalue weighted by molar-refractivity contribution is 7.45. The van der Waals surface area contributed by atoms with Gasteiger partial charge in [-0.2, -0.15) is 0 Å². The van der Waals surface area contributed by atoms with Crippen LogP contribution in [0.15, 0.2) is 24.3 Å². The summed E-state index contributed by atoms with van der Waals surface area (Å²) in [7, 11) is 1.27. The van der Waals surface area contributed by atoms with Crippen molar-refractivity contribution in [1.82, 2.24) is 5.32 Å². The fraction of sp³-hybridized carbons (Fsp3) is 0.921. The van der Waals surface area contributed by atoms with E-state index in [1.807, 2.05) is 27.2 Å². The van der Waals surface area contributed by atoms with Gasteiger partial charge in [0.2, 0.25) is 5.91 Å². The minimum atomic E-state index is -4.60. The van der Waals surface area contributed by atoms with Crippen molar-refractivity contribution in [2.24, 2.45) is 0 Å². The Balaban J connectivity index is 4.08. The van der Waals surface area contributed by atoms with Gasteiger partial charge < -0.3 is 28.8 Å². The molecule has 0 spiro atoms. The number of aliphatic hydroxyl groups excluding tert-OH is 1. The van der Waals surface area contributed by atoms with Crippen LogP contribution in [0.1, 0.15) is 322 Å². The zero-order chi connectivity index (χ0) is 52.7. The molecular weight excluding hydrogens is 912 g/mol. The first-order valence-electron chi connectivity index (χ1n) is 31.7. The molecule has 0 saturated heterocycles. The number of amides is 1. The number of rotatable bonds is 59. The molecule has 0 aromatic carbocycles. The van der Waals surface area contributed by atoms with Gasteiger partial charge in [-0.3, -0.25) is 9.36 Å². The van der Waals surface area contributed by atoms with E-state index >= 15 is 0 Å². The Hall–Kier alpha value is -1.02. The van der Waals surface area contributed by atoms with Crippen LogP contribution >= 0.6 is 7.82 Å². The lowest BCUT2D eigenvalue weighted by Crippen LogP contribution is -2.45. The Kier molecular flexibility index (Phi) is 54.0. The number of phosphoric acid groups is 1. The van der Waals surface area contributed by atoms with Crippen molar-refractivity contribution in [1.29, 1.82) is 0 Å². The molecule has 0 saturated carbocycles. The summed E-state index contributed by atoms with van der Waals surface area (Å²) in [4.78, 5) is 25.5. The average molecular weight is 1040 g/mol. The van der Waals surface area contributed by atoms with E-state index in [0.717, 1.165) is 38.5 Å². The van der Waals surface area contributed by atoms with Gasteiger partial charge in [0.1, 0.15) is 13.2 Å². The van der Waals surface area contributed by atoms with Crippen LogP contribution in [0.3, 0.4) is 0 Å². The molecule has 0 radical (unpaired) electrons. The molecular formula is C63H125N2O6P. The van der Waals surface area contributed by atoms with Crippen LogP contribution in [0.4, 0.5) is 0 Å². The first-order valence-corrected chi connectivity index (χ1v) is 33.2. The first-order chi connectivity index (χ1) is 35.0. The maximum Gasteiger partial charge on any atom is 0.268 e. The van der Waals surface area contributed by atoms with E-state index in [4.69, 9.17) is 9.05 Å². The predicted molar refractivity (Wildman–Crippen MR) is 312 cm³/mol. The number of nitrogens with one attached hydrogen (secondary N) is 1. The molecule has 2 N–H and O–H groups in total. The number of phosphoric ester groups is 1. The number of hydrogen-bond donors (Lipinski definition) is 2. The second-order valence-corrected chi connectivity index (χ2v) is 24.5. The second-order valence-electron chi connectivity index (χ2n) is 23.1. The Morgan fingerprint density at radius 3 is 1.08 bits per heavy atom. The zero-order valence-corrected chi connectivity index (χ0v) is 49.8. The van der Waals surface area contributed by atoms with E-state index in [2.05, 4.69) is 31.3 Å². The number of quaternary nitrogens is 1. The predicted octanol–water partition coefficient (Wildman–Crippen LogP) is 18.9. The van der Waals surface area contributed by atoms with Gasteiger partial charge >= 0.3 is 0 Å². The number of likely N-dealkylation sites (N-methyl/N-ethyl adjacent to an activating group) is 1. The molecule has 3 unspecified atom stereocenters. The van der Waals surface area contributed by atoms with Crippen LogP contribution < -0.4 is 10.2 Å². The summed E-state index contributed by atoms with van der Waals surface area (Å²) in [5.41, 5.74) is 0. The normalized spacial score (nSPS) is 13.9. The fourth-order valence-corrected chi connectivity index (χ4v) is 10.4. The molecule has 0 bridgehead atoms. The van der Waals surface area contributed by atoms with Gasteiger partial charge in [0, 0.05) is 6.42 Å². The van der Waals surface area contributed by atoms with E-state index < -0.39 is 20.0 Å². The summed E-state index contributed by atoms with van der Waals surface area (Å²) in [5, 5.41) is 13.9. The number of allylic oxidation sites excluding steroid dienone is 3. The van der Waals surface area contributed by atoms with Gasteiger partial charge in [-0.15, -0.1) is 0 Å². The number of nitrogens with zero attached hydrogens (tertiary/aromatic N) is 1. The number of hydrogen-bond acceptors (Lipinski definition) is 6. The van der Waals surface area contributed by atoms with Crippen LogP contribution in [-0.4, -0.2) is 68.5 Å². The van der Waals surface area contributed by atoms with Gasteiger partial charge in [0.15, 0.2) is 0 Å². The van der Waals surface area contributed by atoms with Crippen molar-refractivity contribution in [3.63, 3.8) is 0 Å². The quantitative estimate of drug-likeness (QED) is 0.0272. The van der Waals surface area contributed by atoms with Crippen LogP contribution in [0, 0.1) is 0 Å². The van der Waals surface area contributed by atoms with Crippen LogP contribution in [-0.2, 0) is 18.4 Å². The summed E-state index contributed by atoms with van der Waals surface area (Å²) < 4.78 is 23.4. The summed E-state index contributed by atoms with van der Waals surface area (Å²) in [6.45, 7) is 4.69. The fourth-order valence-electron chi connectivity index (χ4n) is 9.68. The van der Waals surface area contributed by atoms with Gasteiger partial charge in [-0.25, -0.2) is 0 Å². The highest BCUT2D eigenvalue weighted by Crippen LogP contribution is 2.38. The lowest BCUT2D eigenvalue weighted by atomic mass is 10.0. The lowest BCUT2D eigenvalue weighted by Gasteiger charge is -2.29. The van der Waals surface area contributed by atoms with Gasteiger partial charge in [0.05, 0.1) is 39.9 Å². The molecule has 0 aromatic heterocycles. The maximum absolute atomic E-state index is 13.0. The monoisotopic (exact) mass is 1040 g/mol. The number of aliphatic hydroxyl groups is 1. The van der Waals surface area contributed by atoms with Crippen molar-refractivity contribution in [2.45, 2.75) is 334 Å². The molecule has 0 rings (SSSR count). The molecule has 428 valence electrons. The van der Waals surface area contributed by atoms with Crippen molar-refractivity contribution in [3.8, 4) is 0 Å². The van der Waals surface area contributed by atoms with E-state index in [0.29, 0.717) is 17.4 Å². The minimum absolute atomic E-state index is 0.000439. The Bertz CT molecular complexity index is 1220. The molecule has 3 atom stereocenters. The molecule has 8 nitrogen and oxygen atoms in total. The van der Waals surface area contributed by atoms with E-state index in [1.54, 1.807) is 6.08 Å². The summed E-state index contributed by atoms with van der Waals surface area (Å²) in [5.74, 6) is -0.195. The Labute approximate surface area is 449 Å². The van der Waals surface area contributed by atoms with Crippen molar-refractivity contribution < 1.29 is 32.9 Å². The molecule has 0 fully saturated rings. The highest BCUT2D eigenvalue weighted by Gasteiger charge is 2.23. The van der Waals surface area contributed by atoms with E-state index in [-0.39, 0.29) is 19.1 Å². The van der Waals surface area contributed by atoms with Crippen LogP contribution in [0.25, 0.3) is 0 Å². The lowest BCUT2D eigenvalue weighted by molar-refractivity contribution is -0.870. The first kappa shape index (κ1) is 71.0. The molecule has 0 aliphatic heterocycles. The number of unbranched alkanes of at least 4 members (excludes halogenated alkanes) is 44. The van der Waals surface area contributed by atoms with Crippen molar-refractivity contribution in [3.05, 3.63) is 24.3 Å². The van der Waals surface area contributed by atoms with Crippen molar-refractivity contribution in [2.75, 3.05) is 40.9 Å². The maximum atomic E-state index is 13.0. The van der Waals surface area contributed by atoms with E-state index in [9.17, 15) is 19.4 Å². The van der Waals surface area contributed by atoms with Gasteiger partial charge in [0.25, 0.3) is 7.82 Å². The van der Waals surface area contributed by atoms with Crippen LogP contribution in [0.2, 0.25) is 0 Å². The second kappa shape index (κ2) is 54.8. The third kappa shape index (κ3) is 56.7. The highest BCUT2D eigenvalue weighted by atomic mass is 31.2. The van der Waals surface area contributed by atoms with Crippen LogP contribution in [0.5, 0.6) is 0 Å². The minimum Gasteiger partial charge on any atom is -0.756 e. The van der Waals surface area contributed by atoms with E-state index in [1.165, 1.54) is 263 Å². The molecule has 1 amide bonds. The molecule has 0 aromatic rings. The summed E-state index contributed by atoms with van der Waals surface area (Å²) in [6.07, 6.45) is 69.9. The largest absolute Gasteiger partial charge is 0.756 e. The molecule has 9 heteroatoms. The topological polar surface area (TPSA) is 108 Å². The van der Waals surface area contributed by atoms with Crippen molar-refractivity contribution >= 4 is 13.7 Å². The third-order valence-corrected chi connectivity index (χ3v) is 15.6. The standard InChI is InChI=1S/C63H125N2O6P/c1-6-8-10-12-14-16-18-20-22-24-26-27-28-29-30-31-32-33-34-35-36-37-39-40-42-44-46-48-50-52-54-56-62(66)61(60-71-72(68,69)70-59-58-65(3,4)5)64-63(67)57-55-53-51-49-47-45-43-41-38-25-23-21-19-17-15-13-11-9-7-2/h21,23,54,56,61-62,66H,6-20,22,24-53,55,57-60H2,1-5H3,(H-,64,67,68,69)/b23-21-,56-54+. The smallest absolute Gasteiger partial charge is 0.268 e. The molecule has 0 heterocycles. The Morgan fingerprint density at radius 1 is 0.472 bits per heavy atom. The van der Waals surface area contributed by atoms with Gasteiger partial charge in [-0.05, 0) is 44.9 Å². The third-order valence-electron chi connectivity index (χ3n) is 14.7. The van der Waals surface area contributed by atoms with Gasteiger partial charge in [-0.1, -0.05) is 295 Å². The average Bonchev–Trinajstić information content (AvgIpc) is 3.34. The zero-order valence-electron chi connectivity index (χ0n) is 48.9. The molecule has 72 heavy (non-hydrogen) atoms. The number of carbonyl (C=O) groups excluding carboxylic acids is 1.